The minimum atomic E-state index is -1.12. The van der Waals surface area contributed by atoms with Crippen LogP contribution in [0.15, 0.2) is 0 Å². The molecule has 0 aromatic rings. The fraction of sp³-hybridized carbons (Fsp3) is 0.966. The van der Waals surface area contributed by atoms with Gasteiger partial charge in [-0.2, -0.15) is 0 Å². The van der Waals surface area contributed by atoms with Crippen LogP contribution in [0, 0.1) is 46.3 Å². The topological polar surface area (TPSA) is 66.8 Å². The van der Waals surface area contributed by atoms with Crippen molar-refractivity contribution in [1.29, 1.82) is 0 Å². The molecule has 33 heavy (non-hydrogen) atoms. The van der Waals surface area contributed by atoms with Crippen molar-refractivity contribution < 1.29 is 19.7 Å². The molecule has 190 valence electrons. The quantitative estimate of drug-likeness (QED) is 0.466. The molecule has 4 rings (SSSR count). The summed E-state index contributed by atoms with van der Waals surface area (Å²) in [4.78, 5) is 12.1. The minimum Gasteiger partial charge on any atom is -0.459 e. The van der Waals surface area contributed by atoms with E-state index in [1.54, 1.807) is 0 Å². The third-order valence-corrected chi connectivity index (χ3v) is 11.3. The molecular formula is C29H50O4. The number of ether oxygens (including phenoxy) is 1. The van der Waals surface area contributed by atoms with Crippen LogP contribution < -0.4 is 0 Å². The monoisotopic (exact) mass is 462 g/mol. The Hall–Kier alpha value is -0.610. The zero-order chi connectivity index (χ0) is 24.2. The molecule has 10 atom stereocenters. The van der Waals surface area contributed by atoms with Crippen LogP contribution in [-0.2, 0) is 9.53 Å². The van der Waals surface area contributed by atoms with Crippen LogP contribution in [-0.4, -0.2) is 34.0 Å². The van der Waals surface area contributed by atoms with Crippen molar-refractivity contribution in [2.24, 2.45) is 46.3 Å². The summed E-state index contributed by atoms with van der Waals surface area (Å²) in [5, 5.41) is 22.5. The summed E-state index contributed by atoms with van der Waals surface area (Å²) >= 11 is 0. The van der Waals surface area contributed by atoms with E-state index in [0.717, 1.165) is 43.4 Å². The molecule has 0 heterocycles. The largest absolute Gasteiger partial charge is 0.459 e. The van der Waals surface area contributed by atoms with Crippen LogP contribution in [0.2, 0.25) is 0 Å². The second-order valence-electron chi connectivity index (χ2n) is 13.5. The molecule has 0 amide bonds. The van der Waals surface area contributed by atoms with Crippen LogP contribution in [0.3, 0.4) is 0 Å². The molecule has 0 aromatic carbocycles. The van der Waals surface area contributed by atoms with Gasteiger partial charge < -0.3 is 14.9 Å². The fourth-order valence-corrected chi connectivity index (χ4v) is 9.60. The normalized spacial score (nSPS) is 48.0. The number of rotatable bonds is 6. The molecule has 4 heteroatoms. The van der Waals surface area contributed by atoms with Gasteiger partial charge in [-0.05, 0) is 85.9 Å². The van der Waals surface area contributed by atoms with E-state index in [2.05, 4.69) is 34.6 Å². The molecule has 0 aliphatic heterocycles. The van der Waals surface area contributed by atoms with E-state index in [1.807, 2.05) is 0 Å². The van der Waals surface area contributed by atoms with Crippen LogP contribution in [0.4, 0.5) is 0 Å². The summed E-state index contributed by atoms with van der Waals surface area (Å²) in [7, 11) is 0. The highest BCUT2D eigenvalue weighted by molar-refractivity contribution is 5.66. The molecular weight excluding hydrogens is 412 g/mol. The van der Waals surface area contributed by atoms with Crippen molar-refractivity contribution in [2.45, 2.75) is 130 Å². The van der Waals surface area contributed by atoms with Gasteiger partial charge in [0.25, 0.3) is 0 Å². The second kappa shape index (κ2) is 9.12. The first kappa shape index (κ1) is 25.5. The third-order valence-electron chi connectivity index (χ3n) is 11.3. The Morgan fingerprint density at radius 1 is 1.03 bits per heavy atom. The number of esters is 1. The van der Waals surface area contributed by atoms with E-state index < -0.39 is 17.8 Å². The van der Waals surface area contributed by atoms with E-state index in [4.69, 9.17) is 4.74 Å². The number of fused-ring (bicyclic) bond motifs is 5. The smallest absolute Gasteiger partial charge is 0.303 e. The molecule has 0 bridgehead atoms. The van der Waals surface area contributed by atoms with E-state index in [9.17, 15) is 15.0 Å². The molecule has 4 aliphatic carbocycles. The van der Waals surface area contributed by atoms with E-state index in [-0.39, 0.29) is 11.4 Å². The summed E-state index contributed by atoms with van der Waals surface area (Å²) in [6.45, 7) is 13.4. The number of carbonyl (C=O) groups excluding carboxylic acids is 1. The van der Waals surface area contributed by atoms with Crippen LogP contribution >= 0.6 is 0 Å². The van der Waals surface area contributed by atoms with Gasteiger partial charge in [0.1, 0.15) is 11.7 Å². The van der Waals surface area contributed by atoms with Gasteiger partial charge in [0.15, 0.2) is 0 Å². The Labute approximate surface area is 202 Å². The number of aliphatic hydroxyl groups is 2. The van der Waals surface area contributed by atoms with Crippen molar-refractivity contribution >= 4 is 5.97 Å². The van der Waals surface area contributed by atoms with Gasteiger partial charge in [-0.3, -0.25) is 4.79 Å². The van der Waals surface area contributed by atoms with Gasteiger partial charge in [0, 0.05) is 18.8 Å². The maximum atomic E-state index is 12.1. The summed E-state index contributed by atoms with van der Waals surface area (Å²) in [5.74, 6) is 3.63. The Morgan fingerprint density at radius 3 is 2.42 bits per heavy atom. The highest BCUT2D eigenvalue weighted by atomic mass is 16.6. The molecule has 4 fully saturated rings. The number of hydrogen-bond acceptors (Lipinski definition) is 4. The summed E-state index contributed by atoms with van der Waals surface area (Å²) in [5.41, 5.74) is -1.05. The highest BCUT2D eigenvalue weighted by Crippen LogP contribution is 2.69. The van der Waals surface area contributed by atoms with Gasteiger partial charge in [-0.15, -0.1) is 0 Å². The van der Waals surface area contributed by atoms with Gasteiger partial charge >= 0.3 is 5.97 Å². The highest BCUT2D eigenvalue weighted by Gasteiger charge is 2.68. The Kier molecular flexibility index (Phi) is 7.04. The van der Waals surface area contributed by atoms with Crippen LogP contribution in [0.25, 0.3) is 0 Å². The zero-order valence-electron chi connectivity index (χ0n) is 22.1. The standard InChI is InChI=1S/C29H50O4/c1-18(2)8-7-9-19(3)23-10-11-24-22-16-26(33-20(4)30)29(32)17-21(31)12-15-28(29,6)25(22)13-14-27(23,24)5/h18-19,21-26,31-32H,7-17H2,1-6H3/t19-,21+,22+,23-,24+,25-,26-,27-,28-,29+/m1/s1. The lowest BCUT2D eigenvalue weighted by Gasteiger charge is -2.65. The fourth-order valence-electron chi connectivity index (χ4n) is 9.60. The van der Waals surface area contributed by atoms with Crippen molar-refractivity contribution in [3.8, 4) is 0 Å². The molecule has 4 nitrogen and oxygen atoms in total. The average molecular weight is 463 g/mol. The molecule has 4 aliphatic rings. The molecule has 2 N–H and O–H groups in total. The molecule has 0 aromatic heterocycles. The first-order chi connectivity index (χ1) is 15.4. The summed E-state index contributed by atoms with van der Waals surface area (Å²) in [6.07, 6.45) is 10.7. The SMILES string of the molecule is CC(=O)O[C@@H]1C[C@@H]2[C@@H](CC[C@]3(C)[C@@H]([C@H](C)CCCC(C)C)CC[C@@H]23)[C@@]2(C)CC[C@H](O)C[C@]12O. The maximum absolute atomic E-state index is 12.1. The van der Waals surface area contributed by atoms with Crippen molar-refractivity contribution in [3.63, 3.8) is 0 Å². The molecule has 0 spiro atoms. The second-order valence-corrected chi connectivity index (χ2v) is 13.5. The third kappa shape index (κ3) is 4.20. The van der Waals surface area contributed by atoms with Crippen molar-refractivity contribution in [2.75, 3.05) is 0 Å². The van der Waals surface area contributed by atoms with Crippen molar-refractivity contribution in [3.05, 3.63) is 0 Å². The number of aliphatic hydroxyl groups excluding tert-OH is 1. The summed E-state index contributed by atoms with van der Waals surface area (Å²) < 4.78 is 5.86. The molecule has 0 unspecified atom stereocenters. The lowest BCUT2D eigenvalue weighted by molar-refractivity contribution is -0.269. The Bertz CT molecular complexity index is 720. The predicted octanol–water partition coefficient (Wildman–Crippen LogP) is 6.13. The minimum absolute atomic E-state index is 0.294. The van der Waals surface area contributed by atoms with E-state index >= 15 is 0 Å². The number of carbonyl (C=O) groups is 1. The van der Waals surface area contributed by atoms with Crippen LogP contribution in [0.1, 0.15) is 112 Å². The Morgan fingerprint density at radius 2 is 1.76 bits per heavy atom. The van der Waals surface area contributed by atoms with E-state index in [1.165, 1.54) is 45.4 Å². The molecule has 0 saturated heterocycles. The lowest BCUT2D eigenvalue weighted by Crippen LogP contribution is -2.69. The van der Waals surface area contributed by atoms with Gasteiger partial charge in [0.2, 0.25) is 0 Å². The lowest BCUT2D eigenvalue weighted by atomic mass is 9.42. The first-order valence-electron chi connectivity index (χ1n) is 14.0. The summed E-state index contributed by atoms with van der Waals surface area (Å²) in [6, 6.07) is 0. The number of hydrogen-bond donors (Lipinski definition) is 2. The maximum Gasteiger partial charge on any atom is 0.303 e. The van der Waals surface area contributed by atoms with E-state index in [0.29, 0.717) is 29.6 Å². The van der Waals surface area contributed by atoms with Gasteiger partial charge in [0.05, 0.1) is 6.10 Å². The predicted molar refractivity (Wildman–Crippen MR) is 131 cm³/mol. The first-order valence-corrected chi connectivity index (χ1v) is 14.0. The molecule has 0 radical (unpaired) electrons. The molecule has 4 saturated carbocycles. The van der Waals surface area contributed by atoms with Crippen molar-refractivity contribution in [1.82, 2.24) is 0 Å². The zero-order valence-corrected chi connectivity index (χ0v) is 22.1. The van der Waals surface area contributed by atoms with Gasteiger partial charge in [-0.1, -0.05) is 53.9 Å². The van der Waals surface area contributed by atoms with Gasteiger partial charge in [-0.25, -0.2) is 0 Å². The average Bonchev–Trinajstić information content (AvgIpc) is 3.07. The Balaban J connectivity index is 1.58. The van der Waals surface area contributed by atoms with Crippen LogP contribution in [0.5, 0.6) is 0 Å².